The molecule has 5 heterocycles. The Hall–Kier alpha value is -3.76. The van der Waals surface area contributed by atoms with Crippen LogP contribution in [0.25, 0.3) is 11.3 Å². The molecule has 1 unspecified atom stereocenters. The fraction of sp³-hybridized carbons (Fsp3) is 0.733. The van der Waals surface area contributed by atoms with Crippen LogP contribution in [-0.2, 0) is 44.6 Å². The number of aromatic nitrogens is 3. The highest BCUT2D eigenvalue weighted by atomic mass is 16.7. The topological polar surface area (TPSA) is 172 Å². The first-order chi connectivity index (χ1) is 28.3. The summed E-state index contributed by atoms with van der Waals surface area (Å²) in [4.78, 5) is 69.8. The van der Waals surface area contributed by atoms with E-state index in [1.807, 2.05) is 83.4 Å². The van der Waals surface area contributed by atoms with E-state index >= 15 is 0 Å². The summed E-state index contributed by atoms with van der Waals surface area (Å²) in [5.41, 5.74) is 0.0435. The van der Waals surface area contributed by atoms with Crippen molar-refractivity contribution < 1.29 is 48.0 Å². The molecule has 60 heavy (non-hydrogen) atoms. The van der Waals surface area contributed by atoms with Crippen molar-refractivity contribution in [3.63, 3.8) is 0 Å². The third kappa shape index (κ3) is 9.65. The van der Waals surface area contributed by atoms with E-state index in [0.29, 0.717) is 32.4 Å². The maximum absolute atomic E-state index is 14.8. The molecule has 3 saturated heterocycles. The number of carbonyl (C=O) groups is 4. The van der Waals surface area contributed by atoms with Gasteiger partial charge in [0.05, 0.1) is 35.9 Å². The fourth-order valence-corrected chi connectivity index (χ4v) is 9.82. The molecular weight excluding hydrogens is 771 g/mol. The number of fused-ring (bicyclic) bond motifs is 1. The molecule has 1 amide bonds. The second-order valence-corrected chi connectivity index (χ2v) is 17.9. The highest BCUT2D eigenvalue weighted by molar-refractivity contribution is 6.00. The summed E-state index contributed by atoms with van der Waals surface area (Å²) in [6.45, 7) is 17.1. The number of aliphatic hydroxyl groups excluding tert-OH is 1. The fourth-order valence-electron chi connectivity index (χ4n) is 9.82. The average molecular weight is 840 g/mol. The number of imidazole rings is 1. The highest BCUT2D eigenvalue weighted by Gasteiger charge is 2.62. The normalized spacial score (nSPS) is 35.9. The maximum atomic E-state index is 14.8. The summed E-state index contributed by atoms with van der Waals surface area (Å²) in [5.74, 6) is -4.92. The van der Waals surface area contributed by atoms with Gasteiger partial charge in [0.15, 0.2) is 17.7 Å². The van der Waals surface area contributed by atoms with Crippen LogP contribution < -0.4 is 0 Å². The van der Waals surface area contributed by atoms with Gasteiger partial charge >= 0.3 is 12.1 Å². The van der Waals surface area contributed by atoms with Gasteiger partial charge in [-0.2, -0.15) is 0 Å². The SMILES string of the molecule is CC[C@H]1OC(=O)[C@H](C)C(=O)[C@H](C)[C@@H](OC2O[C@H](C)C[C@H](N(C)C)[C@H]2O)[C@](C)(OC)C[C@@H](C)C(=O)[C@H](C)[C@H]2N(CCCCn3cnc(-c4ccc(C)nc4)c3)C(=O)O[C@]12CC. The smallest absolute Gasteiger partial charge is 0.410 e. The highest BCUT2D eigenvalue weighted by Crippen LogP contribution is 2.45. The number of aliphatic hydroxyl groups is 1. The average Bonchev–Trinajstić information content (AvgIpc) is 3.81. The Morgan fingerprint density at radius 2 is 1.68 bits per heavy atom. The van der Waals surface area contributed by atoms with Crippen LogP contribution in [0.3, 0.4) is 0 Å². The van der Waals surface area contributed by atoms with Gasteiger partial charge in [0.25, 0.3) is 0 Å². The number of amides is 1. The molecule has 5 rings (SSSR count). The molecule has 0 radical (unpaired) electrons. The maximum Gasteiger partial charge on any atom is 0.410 e. The lowest BCUT2D eigenvalue weighted by Crippen LogP contribution is -2.61. The van der Waals surface area contributed by atoms with E-state index < -0.39 is 83.4 Å². The third-order valence-electron chi connectivity index (χ3n) is 13.4. The molecule has 3 aliphatic rings. The molecule has 3 fully saturated rings. The van der Waals surface area contributed by atoms with E-state index in [1.54, 1.807) is 31.3 Å². The molecule has 3 aliphatic heterocycles. The van der Waals surface area contributed by atoms with Gasteiger partial charge in [-0.15, -0.1) is 0 Å². The number of cyclic esters (lactones) is 1. The van der Waals surface area contributed by atoms with Crippen molar-refractivity contribution in [3.05, 3.63) is 36.5 Å². The number of Topliss-reactive ketones (excluding diaryl/α,β-unsaturated/α-hetero) is 2. The Kier molecular flexibility index (Phi) is 15.4. The van der Waals surface area contributed by atoms with Crippen molar-refractivity contribution in [1.82, 2.24) is 24.3 Å². The van der Waals surface area contributed by atoms with Crippen LogP contribution in [0.2, 0.25) is 0 Å². The molecule has 2 aromatic heterocycles. The van der Waals surface area contributed by atoms with E-state index in [2.05, 4.69) is 9.97 Å². The monoisotopic (exact) mass is 840 g/mol. The second-order valence-electron chi connectivity index (χ2n) is 17.9. The number of hydrogen-bond donors (Lipinski definition) is 1. The molecule has 15 heteroatoms. The van der Waals surface area contributed by atoms with E-state index in [1.165, 1.54) is 14.0 Å². The van der Waals surface area contributed by atoms with Crippen LogP contribution in [0, 0.1) is 30.6 Å². The standard InChI is InChI=1S/C45H69N5O10/c1-13-35-45(14-2)39(50(43(55)60-45)20-16-15-19-49-24-33(47-25-49)32-18-17-27(4)46-23-32)29(6)36(51)26(3)22-44(9,56-12)40(30(7)37(52)31(8)41(54)58-35)59-42-38(53)34(48(10)11)21-28(5)57-42/h17-18,23-26,28-31,34-35,38-40,42,53H,13-16,19-22H2,1-12H3/t26-,28-,29+,30+,31-,34+,35-,38-,39-,40-,42?,44-,45-/m1/s1. The van der Waals surface area contributed by atoms with Gasteiger partial charge in [0.2, 0.25) is 0 Å². The van der Waals surface area contributed by atoms with E-state index in [-0.39, 0.29) is 37.2 Å². The van der Waals surface area contributed by atoms with Gasteiger partial charge in [-0.3, -0.25) is 19.4 Å². The number of pyridine rings is 1. The first kappa shape index (κ1) is 47.3. The minimum Gasteiger partial charge on any atom is -0.457 e. The number of unbranched alkanes of at least 4 members (excludes halogenated alkanes) is 1. The minimum atomic E-state index is -1.36. The summed E-state index contributed by atoms with van der Waals surface area (Å²) in [5, 5.41) is 11.5. The number of aryl methyl sites for hydroxylation is 2. The van der Waals surface area contributed by atoms with Crippen molar-refractivity contribution in [2.75, 3.05) is 27.7 Å². The number of carbonyl (C=O) groups excluding carboxylic acids is 4. The number of rotatable bonds is 12. The zero-order chi connectivity index (χ0) is 44.3. The molecule has 0 spiro atoms. The number of nitrogens with zero attached hydrogens (tertiary/aromatic N) is 5. The first-order valence-corrected chi connectivity index (χ1v) is 21.7. The van der Waals surface area contributed by atoms with E-state index in [9.17, 15) is 24.3 Å². The Bertz CT molecular complexity index is 1800. The van der Waals surface area contributed by atoms with Crippen molar-refractivity contribution in [2.24, 2.45) is 23.7 Å². The predicted molar refractivity (Wildman–Crippen MR) is 224 cm³/mol. The predicted octanol–water partition coefficient (Wildman–Crippen LogP) is 5.63. The zero-order valence-corrected chi connectivity index (χ0v) is 37.8. The number of methoxy groups -OCH3 is 1. The van der Waals surface area contributed by atoms with Crippen LogP contribution in [0.5, 0.6) is 0 Å². The molecule has 15 nitrogen and oxygen atoms in total. The summed E-state index contributed by atoms with van der Waals surface area (Å²) >= 11 is 0. The van der Waals surface area contributed by atoms with Crippen LogP contribution in [0.4, 0.5) is 4.79 Å². The van der Waals surface area contributed by atoms with Crippen LogP contribution in [0.1, 0.15) is 99.6 Å². The molecular formula is C45H69N5O10. The van der Waals surface area contributed by atoms with Crippen molar-refractivity contribution >= 4 is 23.6 Å². The summed E-state index contributed by atoms with van der Waals surface area (Å²) in [6, 6.07) is 2.88. The van der Waals surface area contributed by atoms with Crippen molar-refractivity contribution in [3.8, 4) is 11.3 Å². The van der Waals surface area contributed by atoms with Crippen molar-refractivity contribution in [2.45, 2.75) is 161 Å². The Morgan fingerprint density at radius 1 is 0.983 bits per heavy atom. The lowest BCUT2D eigenvalue weighted by Gasteiger charge is -2.47. The van der Waals surface area contributed by atoms with Gasteiger partial charge < -0.3 is 43.2 Å². The van der Waals surface area contributed by atoms with E-state index in [0.717, 1.165) is 17.0 Å². The van der Waals surface area contributed by atoms with Crippen LogP contribution >= 0.6 is 0 Å². The minimum absolute atomic E-state index is 0.132. The third-order valence-corrected chi connectivity index (χ3v) is 13.4. The van der Waals surface area contributed by atoms with E-state index in [4.69, 9.17) is 23.7 Å². The van der Waals surface area contributed by atoms with Crippen LogP contribution in [-0.4, -0.2) is 135 Å². The number of ether oxygens (including phenoxy) is 5. The molecule has 0 saturated carbocycles. The lowest BCUT2D eigenvalue weighted by molar-refractivity contribution is -0.295. The van der Waals surface area contributed by atoms with Gasteiger partial charge in [-0.05, 0) is 92.4 Å². The van der Waals surface area contributed by atoms with Gasteiger partial charge in [0.1, 0.15) is 23.9 Å². The first-order valence-electron chi connectivity index (χ1n) is 21.7. The molecule has 0 aliphatic carbocycles. The number of ketones is 2. The Balaban J connectivity index is 1.45. The molecule has 334 valence electrons. The number of likely N-dealkylation sites (N-methyl/N-ethyl adjacent to an activating group) is 1. The number of esters is 1. The summed E-state index contributed by atoms with van der Waals surface area (Å²) in [7, 11) is 5.25. The summed E-state index contributed by atoms with van der Waals surface area (Å²) < 4.78 is 33.5. The van der Waals surface area contributed by atoms with Crippen molar-refractivity contribution in [1.29, 1.82) is 0 Å². The molecule has 1 N–H and O–H groups in total. The Labute approximate surface area is 355 Å². The number of hydrogen-bond acceptors (Lipinski definition) is 13. The summed E-state index contributed by atoms with van der Waals surface area (Å²) in [6.07, 6.45) is 3.12. The Morgan fingerprint density at radius 3 is 2.30 bits per heavy atom. The largest absolute Gasteiger partial charge is 0.457 e. The zero-order valence-electron chi connectivity index (χ0n) is 37.8. The van der Waals surface area contributed by atoms with Gasteiger partial charge in [0, 0.05) is 67.6 Å². The quantitative estimate of drug-likeness (QED) is 0.159. The molecule has 0 aromatic carbocycles. The van der Waals surface area contributed by atoms with Gasteiger partial charge in [-0.1, -0.05) is 34.6 Å². The molecule has 13 atom stereocenters. The second kappa shape index (κ2) is 19.5. The molecule has 0 bridgehead atoms. The van der Waals surface area contributed by atoms with Crippen LogP contribution in [0.15, 0.2) is 30.9 Å². The lowest BCUT2D eigenvalue weighted by atomic mass is 9.72. The molecule has 2 aromatic rings. The van der Waals surface area contributed by atoms with Gasteiger partial charge in [-0.25, -0.2) is 9.78 Å².